The minimum absolute atomic E-state index is 0.139. The van der Waals surface area contributed by atoms with Gasteiger partial charge in [0.2, 0.25) is 0 Å². The van der Waals surface area contributed by atoms with Crippen LogP contribution in [-0.4, -0.2) is 26.1 Å². The van der Waals surface area contributed by atoms with Crippen molar-refractivity contribution in [3.8, 4) is 5.69 Å². The van der Waals surface area contributed by atoms with Crippen LogP contribution in [0.15, 0.2) is 36.4 Å². The van der Waals surface area contributed by atoms with Crippen LogP contribution in [0.3, 0.4) is 0 Å². The van der Waals surface area contributed by atoms with E-state index in [1.165, 1.54) is 22.9 Å². The number of hydrogen-bond donors (Lipinski definition) is 1. The Morgan fingerprint density at radius 3 is 2.85 bits per heavy atom. The molecule has 20 heavy (non-hydrogen) atoms. The average Bonchev–Trinajstić information content (AvgIpc) is 2.84. The van der Waals surface area contributed by atoms with E-state index in [0.717, 1.165) is 0 Å². The van der Waals surface area contributed by atoms with E-state index >= 15 is 0 Å². The lowest BCUT2D eigenvalue weighted by Crippen LogP contribution is -2.01. The molecule has 2 aromatic carbocycles. The van der Waals surface area contributed by atoms with Gasteiger partial charge in [-0.3, -0.25) is 0 Å². The number of benzene rings is 2. The van der Waals surface area contributed by atoms with E-state index in [9.17, 15) is 9.18 Å². The first kappa shape index (κ1) is 12.3. The highest BCUT2D eigenvalue weighted by molar-refractivity contribution is 5.92. The van der Waals surface area contributed by atoms with E-state index in [1.54, 1.807) is 25.1 Å². The van der Waals surface area contributed by atoms with Crippen LogP contribution in [0.2, 0.25) is 0 Å². The zero-order chi connectivity index (χ0) is 14.3. The van der Waals surface area contributed by atoms with Crippen molar-refractivity contribution in [2.45, 2.75) is 6.92 Å². The van der Waals surface area contributed by atoms with Crippen LogP contribution >= 0.6 is 0 Å². The topological polar surface area (TPSA) is 68.0 Å². The molecule has 3 rings (SSSR count). The largest absolute Gasteiger partial charge is 0.478 e. The number of aromatic nitrogens is 3. The molecule has 5 nitrogen and oxygen atoms in total. The highest BCUT2D eigenvalue weighted by Crippen LogP contribution is 2.21. The lowest BCUT2D eigenvalue weighted by molar-refractivity contribution is 0.0697. The van der Waals surface area contributed by atoms with E-state index in [4.69, 9.17) is 5.11 Å². The first-order chi connectivity index (χ1) is 9.58. The fourth-order valence-electron chi connectivity index (χ4n) is 2.06. The number of carboxylic acid groups (broad SMARTS) is 1. The van der Waals surface area contributed by atoms with Crippen LogP contribution in [0.4, 0.5) is 4.39 Å². The van der Waals surface area contributed by atoms with Crippen molar-refractivity contribution in [1.29, 1.82) is 0 Å². The summed E-state index contributed by atoms with van der Waals surface area (Å²) in [6.07, 6.45) is 0. The van der Waals surface area contributed by atoms with Crippen molar-refractivity contribution < 1.29 is 14.3 Å². The van der Waals surface area contributed by atoms with E-state index in [-0.39, 0.29) is 11.4 Å². The lowest BCUT2D eigenvalue weighted by Gasteiger charge is -2.06. The summed E-state index contributed by atoms with van der Waals surface area (Å²) in [6.45, 7) is 1.66. The molecule has 0 spiro atoms. The maximum atomic E-state index is 13.6. The van der Waals surface area contributed by atoms with Crippen LogP contribution in [0.5, 0.6) is 0 Å². The number of nitrogens with zero attached hydrogens (tertiary/aromatic N) is 3. The molecule has 0 amide bonds. The summed E-state index contributed by atoms with van der Waals surface area (Å²) < 4.78 is 15.1. The second-order valence-electron chi connectivity index (χ2n) is 4.39. The molecule has 0 radical (unpaired) electrons. The van der Waals surface area contributed by atoms with Gasteiger partial charge < -0.3 is 5.11 Å². The Morgan fingerprint density at radius 2 is 2.10 bits per heavy atom. The quantitative estimate of drug-likeness (QED) is 0.777. The Kier molecular flexibility index (Phi) is 2.71. The van der Waals surface area contributed by atoms with Crippen LogP contribution < -0.4 is 0 Å². The third kappa shape index (κ3) is 1.82. The van der Waals surface area contributed by atoms with Gasteiger partial charge in [0.25, 0.3) is 0 Å². The smallest absolute Gasteiger partial charge is 0.335 e. The van der Waals surface area contributed by atoms with Gasteiger partial charge in [-0.25, -0.2) is 13.9 Å². The number of aromatic carboxylic acids is 1. The molecule has 0 saturated heterocycles. The number of fused-ring (bicyclic) bond motifs is 1. The maximum Gasteiger partial charge on any atom is 0.335 e. The summed E-state index contributed by atoms with van der Waals surface area (Å²) in [6, 6.07) is 9.23. The van der Waals surface area contributed by atoms with E-state index < -0.39 is 5.97 Å². The molecule has 3 aromatic rings. The van der Waals surface area contributed by atoms with Gasteiger partial charge >= 0.3 is 5.97 Å². The van der Waals surface area contributed by atoms with Crippen LogP contribution in [0.1, 0.15) is 15.9 Å². The summed E-state index contributed by atoms with van der Waals surface area (Å²) in [5.41, 5.74) is 2.26. The monoisotopic (exact) mass is 271 g/mol. The molecule has 0 fully saturated rings. The van der Waals surface area contributed by atoms with Crippen molar-refractivity contribution in [1.82, 2.24) is 15.0 Å². The van der Waals surface area contributed by atoms with Crippen molar-refractivity contribution >= 4 is 17.0 Å². The molecule has 100 valence electrons. The van der Waals surface area contributed by atoms with Gasteiger partial charge in [-0.15, -0.1) is 5.10 Å². The summed E-state index contributed by atoms with van der Waals surface area (Å²) in [5, 5.41) is 16.9. The van der Waals surface area contributed by atoms with Crippen molar-refractivity contribution in [2.24, 2.45) is 0 Å². The molecule has 0 unspecified atom stereocenters. The predicted molar refractivity (Wildman–Crippen MR) is 70.5 cm³/mol. The van der Waals surface area contributed by atoms with Gasteiger partial charge in [0.15, 0.2) is 0 Å². The first-order valence-corrected chi connectivity index (χ1v) is 5.92. The molecular formula is C14H10FN3O2. The van der Waals surface area contributed by atoms with Crippen molar-refractivity contribution in [2.75, 3.05) is 0 Å². The van der Waals surface area contributed by atoms with Crippen molar-refractivity contribution in [3.05, 3.63) is 53.3 Å². The van der Waals surface area contributed by atoms with Gasteiger partial charge in [-0.05, 0) is 37.3 Å². The van der Waals surface area contributed by atoms with E-state index in [0.29, 0.717) is 22.3 Å². The molecule has 6 heteroatoms. The number of halogens is 1. The normalized spacial score (nSPS) is 10.9. The fourth-order valence-corrected chi connectivity index (χ4v) is 2.06. The molecule has 1 aromatic heterocycles. The van der Waals surface area contributed by atoms with E-state index in [1.807, 2.05) is 0 Å². The maximum absolute atomic E-state index is 13.6. The third-order valence-electron chi connectivity index (χ3n) is 3.16. The number of carbonyl (C=O) groups is 1. The number of hydrogen-bond acceptors (Lipinski definition) is 3. The Balaban J connectivity index is 2.23. The Labute approximate surface area is 113 Å². The minimum Gasteiger partial charge on any atom is -0.478 e. The van der Waals surface area contributed by atoms with Crippen LogP contribution in [0.25, 0.3) is 16.7 Å². The zero-order valence-electron chi connectivity index (χ0n) is 10.5. The third-order valence-corrected chi connectivity index (χ3v) is 3.16. The predicted octanol–water partition coefficient (Wildman–Crippen LogP) is 2.57. The fraction of sp³-hybridized carbons (Fsp3) is 0.0714. The summed E-state index contributed by atoms with van der Waals surface area (Å²) in [7, 11) is 0. The molecule has 0 aliphatic rings. The van der Waals surface area contributed by atoms with E-state index in [2.05, 4.69) is 10.3 Å². The summed E-state index contributed by atoms with van der Waals surface area (Å²) >= 11 is 0. The lowest BCUT2D eigenvalue weighted by atomic mass is 10.1. The molecule has 0 aliphatic heterocycles. The van der Waals surface area contributed by atoms with Gasteiger partial charge in [0.1, 0.15) is 11.3 Å². The molecule has 0 atom stereocenters. The highest BCUT2D eigenvalue weighted by atomic mass is 19.1. The average molecular weight is 271 g/mol. The van der Waals surface area contributed by atoms with Crippen LogP contribution in [-0.2, 0) is 0 Å². The van der Waals surface area contributed by atoms with Crippen LogP contribution in [0, 0.1) is 12.7 Å². The standard InChI is InChI=1S/C14H10FN3O2/c1-8-10(15)3-2-4-12(8)18-13-6-5-9(14(19)20)7-11(13)16-17-18/h2-7H,1H3,(H,19,20). The second-order valence-corrected chi connectivity index (χ2v) is 4.39. The Morgan fingerprint density at radius 1 is 1.30 bits per heavy atom. The molecule has 0 saturated carbocycles. The zero-order valence-corrected chi connectivity index (χ0v) is 10.5. The Hall–Kier alpha value is -2.76. The molecule has 0 aliphatic carbocycles. The van der Waals surface area contributed by atoms with Gasteiger partial charge in [-0.2, -0.15) is 0 Å². The highest BCUT2D eigenvalue weighted by Gasteiger charge is 2.12. The molecule has 0 bridgehead atoms. The SMILES string of the molecule is Cc1c(F)cccc1-n1nnc2cc(C(=O)O)ccc21. The van der Waals surface area contributed by atoms with Gasteiger partial charge in [0.05, 0.1) is 16.8 Å². The van der Waals surface area contributed by atoms with Crippen molar-refractivity contribution in [3.63, 3.8) is 0 Å². The second kappa shape index (κ2) is 4.41. The molecule has 1 heterocycles. The Bertz CT molecular complexity index is 826. The number of carboxylic acids is 1. The minimum atomic E-state index is -1.02. The molecule has 1 N–H and O–H groups in total. The van der Waals surface area contributed by atoms with Gasteiger partial charge in [0, 0.05) is 5.56 Å². The number of rotatable bonds is 2. The summed E-state index contributed by atoms with van der Waals surface area (Å²) in [4.78, 5) is 10.9. The van der Waals surface area contributed by atoms with Gasteiger partial charge in [-0.1, -0.05) is 11.3 Å². The first-order valence-electron chi connectivity index (χ1n) is 5.92. The summed E-state index contributed by atoms with van der Waals surface area (Å²) in [5.74, 6) is -1.35. The molecular weight excluding hydrogens is 261 g/mol.